The molecule has 4 aliphatic rings. The predicted molar refractivity (Wildman–Crippen MR) is 149 cm³/mol. The molecule has 4 N–H and O–H groups in total. The summed E-state index contributed by atoms with van der Waals surface area (Å²) in [4.78, 5) is 69.3. The number of Topliss-reactive ketones (excluding diaryl/α,β-unsaturated/α-hetero) is 4. The van der Waals surface area contributed by atoms with Crippen LogP contribution in [0, 0.1) is 42.4 Å². The second kappa shape index (κ2) is 9.91. The third-order valence-electron chi connectivity index (χ3n) is 9.11. The SMILES string of the molecule is Cc1c(O)c2c3c(c1O)C(=O)[C@@]14NC(=O)C[C@H]1C=C[C@@H](C=C(CC(C)C)C(=O)[C@@H](C)[C@H](O)C=C[C@@H](C)C2=O)[C@H]4C3=O. The van der Waals surface area contributed by atoms with Gasteiger partial charge in [0.2, 0.25) is 5.91 Å². The van der Waals surface area contributed by atoms with Crippen LogP contribution in [0.1, 0.15) is 77.2 Å². The van der Waals surface area contributed by atoms with Crippen LogP contribution in [0.25, 0.3) is 0 Å². The normalized spacial score (nSPS) is 33.0. The lowest BCUT2D eigenvalue weighted by atomic mass is 9.56. The molecule has 2 bridgehead atoms. The summed E-state index contributed by atoms with van der Waals surface area (Å²) in [7, 11) is 0. The Labute approximate surface area is 238 Å². The summed E-state index contributed by atoms with van der Waals surface area (Å²) in [5.74, 6) is -8.60. The van der Waals surface area contributed by atoms with Crippen molar-refractivity contribution in [1.29, 1.82) is 0 Å². The van der Waals surface area contributed by atoms with Crippen molar-refractivity contribution in [1.82, 2.24) is 5.32 Å². The van der Waals surface area contributed by atoms with Gasteiger partial charge in [0.05, 0.1) is 23.1 Å². The molecule has 1 amide bonds. The van der Waals surface area contributed by atoms with E-state index in [9.17, 15) is 39.3 Å². The van der Waals surface area contributed by atoms with Gasteiger partial charge in [-0.15, -0.1) is 0 Å². The van der Waals surface area contributed by atoms with Crippen molar-refractivity contribution >= 4 is 29.0 Å². The largest absolute Gasteiger partial charge is 0.507 e. The van der Waals surface area contributed by atoms with E-state index >= 15 is 0 Å². The molecule has 1 saturated heterocycles. The molecule has 0 saturated carbocycles. The maximum absolute atomic E-state index is 14.6. The number of aliphatic hydroxyl groups excluding tert-OH is 1. The van der Waals surface area contributed by atoms with Crippen molar-refractivity contribution < 1.29 is 39.3 Å². The summed E-state index contributed by atoms with van der Waals surface area (Å²) < 4.78 is 0. The highest BCUT2D eigenvalue weighted by Gasteiger charge is 2.65. The molecule has 7 atom stereocenters. The predicted octanol–water partition coefficient (Wildman–Crippen LogP) is 3.39. The number of rotatable bonds is 2. The third-order valence-corrected chi connectivity index (χ3v) is 9.11. The number of hydrogen-bond acceptors (Lipinski definition) is 8. The summed E-state index contributed by atoms with van der Waals surface area (Å²) in [5.41, 5.74) is -2.65. The van der Waals surface area contributed by atoms with Gasteiger partial charge in [-0.05, 0) is 24.8 Å². The Morgan fingerprint density at radius 3 is 2.22 bits per heavy atom. The van der Waals surface area contributed by atoms with Gasteiger partial charge in [0.1, 0.15) is 17.0 Å². The number of amides is 1. The van der Waals surface area contributed by atoms with E-state index in [0.717, 1.165) is 0 Å². The Kier molecular flexibility index (Phi) is 6.93. The Hall–Kier alpha value is -3.85. The molecule has 1 spiro atoms. The van der Waals surface area contributed by atoms with Crippen molar-refractivity contribution in [3.8, 4) is 11.5 Å². The lowest BCUT2D eigenvalue weighted by Crippen LogP contribution is -2.65. The van der Waals surface area contributed by atoms with Crippen molar-refractivity contribution in [2.75, 3.05) is 0 Å². The number of phenols is 2. The van der Waals surface area contributed by atoms with Gasteiger partial charge in [-0.1, -0.05) is 58.1 Å². The molecule has 1 heterocycles. The van der Waals surface area contributed by atoms with Crippen LogP contribution < -0.4 is 5.32 Å². The molecule has 1 aliphatic heterocycles. The first-order chi connectivity index (χ1) is 19.2. The molecule has 1 aromatic carbocycles. The van der Waals surface area contributed by atoms with Gasteiger partial charge >= 0.3 is 0 Å². The molecule has 0 aromatic heterocycles. The lowest BCUT2D eigenvalue weighted by molar-refractivity contribution is -0.121. The maximum Gasteiger partial charge on any atom is 0.221 e. The Balaban J connectivity index is 1.88. The van der Waals surface area contributed by atoms with Crippen LogP contribution in [0.15, 0.2) is 36.0 Å². The number of ketones is 4. The van der Waals surface area contributed by atoms with Gasteiger partial charge < -0.3 is 20.6 Å². The number of benzene rings is 1. The average molecular weight is 562 g/mol. The zero-order valence-corrected chi connectivity index (χ0v) is 23.7. The molecule has 41 heavy (non-hydrogen) atoms. The molecule has 1 fully saturated rings. The average Bonchev–Trinajstić information content (AvgIpc) is 3.27. The second-order valence-corrected chi connectivity index (χ2v) is 12.3. The Morgan fingerprint density at radius 2 is 1.56 bits per heavy atom. The number of phenolic OH excluding ortho intramolecular Hbond substituents is 2. The van der Waals surface area contributed by atoms with E-state index in [1.54, 1.807) is 25.2 Å². The van der Waals surface area contributed by atoms with Crippen LogP contribution in [0.4, 0.5) is 0 Å². The van der Waals surface area contributed by atoms with Crippen LogP contribution in [0.2, 0.25) is 0 Å². The molecular weight excluding hydrogens is 526 g/mol. The number of carbonyl (C=O) groups excluding carboxylic acids is 5. The smallest absolute Gasteiger partial charge is 0.221 e. The summed E-state index contributed by atoms with van der Waals surface area (Å²) in [5, 5.41) is 35.8. The maximum atomic E-state index is 14.6. The fourth-order valence-corrected chi connectivity index (χ4v) is 6.89. The molecule has 1 aromatic rings. The van der Waals surface area contributed by atoms with E-state index in [-0.39, 0.29) is 34.8 Å². The number of aliphatic hydroxyl groups is 1. The van der Waals surface area contributed by atoms with Crippen molar-refractivity contribution in [3.63, 3.8) is 0 Å². The zero-order valence-electron chi connectivity index (χ0n) is 23.7. The minimum Gasteiger partial charge on any atom is -0.507 e. The van der Waals surface area contributed by atoms with Gasteiger partial charge in [-0.3, -0.25) is 24.0 Å². The van der Waals surface area contributed by atoms with Crippen LogP contribution in [0.5, 0.6) is 11.5 Å². The van der Waals surface area contributed by atoms with E-state index < -0.39 is 81.6 Å². The Bertz CT molecular complexity index is 1500. The summed E-state index contributed by atoms with van der Waals surface area (Å²) >= 11 is 0. The second-order valence-electron chi connectivity index (χ2n) is 12.3. The van der Waals surface area contributed by atoms with Crippen molar-refractivity contribution in [2.45, 2.75) is 59.1 Å². The molecule has 9 nitrogen and oxygen atoms in total. The fraction of sp³-hybridized carbons (Fsp3) is 0.469. The number of carbonyl (C=O) groups is 5. The van der Waals surface area contributed by atoms with Crippen LogP contribution in [-0.4, -0.2) is 56.0 Å². The molecule has 9 heteroatoms. The van der Waals surface area contributed by atoms with Crippen molar-refractivity contribution in [2.24, 2.45) is 35.5 Å². The van der Waals surface area contributed by atoms with Gasteiger partial charge in [-0.25, -0.2) is 0 Å². The minimum atomic E-state index is -1.74. The molecule has 5 rings (SSSR count). The molecule has 3 aliphatic carbocycles. The van der Waals surface area contributed by atoms with Crippen LogP contribution in [-0.2, 0) is 9.59 Å². The first-order valence-electron chi connectivity index (χ1n) is 14.0. The number of allylic oxidation sites excluding steroid dienone is 4. The summed E-state index contributed by atoms with van der Waals surface area (Å²) in [6.45, 7) is 8.31. The van der Waals surface area contributed by atoms with Gasteiger partial charge in [0, 0.05) is 41.2 Å². The van der Waals surface area contributed by atoms with Gasteiger partial charge in [-0.2, -0.15) is 0 Å². The van der Waals surface area contributed by atoms with E-state index in [2.05, 4.69) is 5.32 Å². The topological polar surface area (TPSA) is 158 Å². The monoisotopic (exact) mass is 561 g/mol. The minimum absolute atomic E-state index is 0.0509. The fourth-order valence-electron chi connectivity index (χ4n) is 6.89. The molecular formula is C32H35NO8. The quantitative estimate of drug-likeness (QED) is 0.400. The molecule has 0 unspecified atom stereocenters. The summed E-state index contributed by atoms with van der Waals surface area (Å²) in [6, 6.07) is 0. The number of nitrogens with one attached hydrogen (secondary N) is 1. The van der Waals surface area contributed by atoms with E-state index in [1.165, 1.54) is 26.0 Å². The van der Waals surface area contributed by atoms with E-state index in [0.29, 0.717) is 12.0 Å². The third kappa shape index (κ3) is 4.12. The van der Waals surface area contributed by atoms with Gasteiger partial charge in [0.15, 0.2) is 23.1 Å². The van der Waals surface area contributed by atoms with E-state index in [4.69, 9.17) is 0 Å². The molecule has 0 radical (unpaired) electrons. The van der Waals surface area contributed by atoms with E-state index in [1.807, 2.05) is 13.8 Å². The zero-order chi connectivity index (χ0) is 30.1. The highest BCUT2D eigenvalue weighted by atomic mass is 16.3. The number of hydrogen-bond donors (Lipinski definition) is 4. The number of aromatic hydroxyl groups is 2. The van der Waals surface area contributed by atoms with Gasteiger partial charge in [0.25, 0.3) is 0 Å². The van der Waals surface area contributed by atoms with Crippen molar-refractivity contribution in [3.05, 3.63) is 58.2 Å². The van der Waals surface area contributed by atoms with Crippen LogP contribution >= 0.6 is 0 Å². The first-order valence-corrected chi connectivity index (χ1v) is 14.0. The highest BCUT2D eigenvalue weighted by Crippen LogP contribution is 2.54. The molecule has 216 valence electrons. The summed E-state index contributed by atoms with van der Waals surface area (Å²) in [6.07, 6.45) is 6.89. The standard InChI is InChI=1S/C32H35NO8/c1-13(2)10-18-11-17-7-8-19-12-21(35)33-32(19)25(17)30(40)22-23(28(38)16(5)29(39)24(22)31(32)41)26(36)14(3)6-9-20(34)15(4)27(18)37/h6-9,11,13-15,17,19-20,25,34,38-39H,10,12H2,1-5H3,(H,33,35)/t14-,15+,17+,19-,20-,25+,32-/m1/s1. The Morgan fingerprint density at radius 1 is 0.902 bits per heavy atom. The lowest BCUT2D eigenvalue weighted by Gasteiger charge is -2.47. The highest BCUT2D eigenvalue weighted by molar-refractivity contribution is 6.27. The first kappa shape index (κ1) is 28.7. The van der Waals surface area contributed by atoms with Crippen LogP contribution in [0.3, 0.4) is 0 Å².